The Morgan fingerprint density at radius 1 is 1.45 bits per heavy atom. The van der Waals surface area contributed by atoms with Crippen molar-refractivity contribution < 1.29 is 0 Å². The Morgan fingerprint density at radius 3 is 2.64 bits per heavy atom. The average molecular weight is 206 g/mol. The number of hydrogen-bond acceptors (Lipinski definition) is 4. The van der Waals surface area contributed by atoms with E-state index in [9.17, 15) is 0 Å². The molecule has 4 N–H and O–H groups in total. The molecular weight excluding hydrogens is 199 g/mol. The molecule has 0 aliphatic rings. The summed E-state index contributed by atoms with van der Waals surface area (Å²) < 4.78 is 0. The molecule has 1 aromatic rings. The molecule has 0 radical (unpaired) electrons. The van der Waals surface area contributed by atoms with Gasteiger partial charge < -0.3 is 0 Å². The summed E-state index contributed by atoms with van der Waals surface area (Å²) in [6.07, 6.45) is 4.75. The third-order valence-corrected chi connectivity index (χ3v) is 3.55. The first-order valence-electron chi connectivity index (χ1n) is 2.71. The van der Waals surface area contributed by atoms with E-state index in [1.54, 1.807) is 18.6 Å². The van der Waals surface area contributed by atoms with Crippen molar-refractivity contribution in [2.75, 3.05) is 0 Å². The van der Waals surface area contributed by atoms with Gasteiger partial charge >= 0.3 is 0 Å². The first-order valence-corrected chi connectivity index (χ1v) is 7.07. The lowest BCUT2D eigenvalue weighted by molar-refractivity contribution is 1.06. The Kier molecular flexibility index (Phi) is 2.98. The molecule has 60 valence electrons. The van der Waals surface area contributed by atoms with E-state index in [1.165, 1.54) is 11.4 Å². The van der Waals surface area contributed by atoms with Crippen LogP contribution in [0.3, 0.4) is 0 Å². The predicted molar refractivity (Wildman–Crippen MR) is 50.5 cm³/mol. The third kappa shape index (κ3) is 3.79. The summed E-state index contributed by atoms with van der Waals surface area (Å²) in [6, 6.07) is 0. The van der Waals surface area contributed by atoms with Gasteiger partial charge in [0, 0.05) is 12.4 Å². The third-order valence-electron chi connectivity index (χ3n) is 0.776. The van der Waals surface area contributed by atoms with Crippen molar-refractivity contribution in [3.05, 3.63) is 18.6 Å². The fourth-order valence-electron chi connectivity index (χ4n) is 0.479. The highest BCUT2D eigenvalue weighted by atomic mass is 32.9. The maximum absolute atomic E-state index is 5.47. The van der Waals surface area contributed by atoms with Gasteiger partial charge in [0.1, 0.15) is 10.6 Å². The Morgan fingerprint density at radius 2 is 2.18 bits per heavy atom. The van der Waals surface area contributed by atoms with E-state index in [-0.39, 0.29) is 0 Å². The number of nitrogens with zero attached hydrogens (tertiary/aromatic N) is 2. The minimum Gasteiger partial charge on any atom is -0.283 e. The van der Waals surface area contributed by atoms with Crippen molar-refractivity contribution in [1.82, 2.24) is 9.97 Å². The summed E-state index contributed by atoms with van der Waals surface area (Å²) in [7, 11) is 0. The zero-order valence-electron chi connectivity index (χ0n) is 5.54. The quantitative estimate of drug-likeness (QED) is 0.694. The second-order valence-electron chi connectivity index (χ2n) is 1.78. The molecule has 0 atom stereocenters. The number of nitrogens with two attached hydrogens (primary N) is 2. The fraction of sp³-hybridized carbons (Fsp3) is 0. The molecule has 7 heteroatoms. The summed E-state index contributed by atoms with van der Waals surface area (Å²) >= 11 is 6.04. The van der Waals surface area contributed by atoms with Crippen molar-refractivity contribution in [2.45, 2.75) is 5.03 Å². The van der Waals surface area contributed by atoms with Gasteiger partial charge in [0.25, 0.3) is 0 Å². The highest BCUT2D eigenvalue weighted by molar-refractivity contribution is 8.69. The first kappa shape index (κ1) is 9.09. The normalized spacial score (nSPS) is 11.5. The van der Waals surface area contributed by atoms with Crippen LogP contribution in [0.4, 0.5) is 0 Å². The topological polar surface area (TPSA) is 77.8 Å². The smallest absolute Gasteiger partial charge is 0.128 e. The van der Waals surface area contributed by atoms with Crippen LogP contribution in [-0.2, 0) is 11.8 Å². The van der Waals surface area contributed by atoms with Gasteiger partial charge in [0.15, 0.2) is 0 Å². The minimum atomic E-state index is -2.24. The number of aromatic nitrogens is 2. The van der Waals surface area contributed by atoms with E-state index in [0.29, 0.717) is 5.03 Å². The van der Waals surface area contributed by atoms with Crippen molar-refractivity contribution in [3.63, 3.8) is 0 Å². The lowest BCUT2D eigenvalue weighted by Gasteiger charge is -2.06. The summed E-state index contributed by atoms with van der Waals surface area (Å²) in [4.78, 5) is 7.81. The second kappa shape index (κ2) is 3.60. The van der Waals surface area contributed by atoms with Crippen LogP contribution in [0.5, 0.6) is 0 Å². The molecule has 0 bridgehead atoms. The maximum atomic E-state index is 5.47. The number of hydrogen-bond donors (Lipinski definition) is 2. The maximum Gasteiger partial charge on any atom is 0.128 e. The predicted octanol–water partition coefficient (Wildman–Crippen LogP) is 0.711. The highest BCUT2D eigenvalue weighted by Crippen LogP contribution is 2.47. The van der Waals surface area contributed by atoms with Gasteiger partial charge in [-0.15, -0.1) is 0 Å². The van der Waals surface area contributed by atoms with Crippen LogP contribution >= 0.6 is 16.9 Å². The Labute approximate surface area is 73.7 Å². The molecule has 0 spiro atoms. The van der Waals surface area contributed by atoms with Gasteiger partial charge in [-0.05, 0) is 11.4 Å². The van der Waals surface area contributed by atoms with Gasteiger partial charge in [-0.25, -0.2) is 4.98 Å². The largest absolute Gasteiger partial charge is 0.283 e. The van der Waals surface area contributed by atoms with Crippen LogP contribution in [0.1, 0.15) is 0 Å². The minimum absolute atomic E-state index is 0.681. The van der Waals surface area contributed by atoms with Crippen molar-refractivity contribution in [2.24, 2.45) is 11.0 Å². The summed E-state index contributed by atoms with van der Waals surface area (Å²) in [5.41, 5.74) is 8.69. The van der Waals surface area contributed by atoms with E-state index in [2.05, 4.69) is 9.97 Å². The van der Waals surface area contributed by atoms with E-state index in [1.807, 2.05) is 0 Å². The zero-order chi connectivity index (χ0) is 8.32. The van der Waals surface area contributed by atoms with Crippen LogP contribution in [0.2, 0.25) is 0 Å². The molecule has 1 heterocycles. The molecule has 4 nitrogen and oxygen atoms in total. The summed E-state index contributed by atoms with van der Waals surface area (Å²) in [5.74, 6) is 0. The lowest BCUT2D eigenvalue weighted by Crippen LogP contribution is -1.99. The highest BCUT2D eigenvalue weighted by Gasteiger charge is 2.06. The SMILES string of the molecule is NP(N)(=S)Sc1cnccn1. The Bertz CT molecular complexity index is 271. The molecule has 1 aromatic heterocycles. The summed E-state index contributed by atoms with van der Waals surface area (Å²) in [6.45, 7) is 0. The first-order chi connectivity index (χ1) is 5.08. The van der Waals surface area contributed by atoms with Crippen molar-refractivity contribution in [3.8, 4) is 0 Å². The van der Waals surface area contributed by atoms with Crippen molar-refractivity contribution >= 4 is 28.7 Å². The van der Waals surface area contributed by atoms with Crippen LogP contribution < -0.4 is 11.0 Å². The zero-order valence-corrected chi connectivity index (χ0v) is 8.07. The molecule has 0 aliphatic heterocycles. The second-order valence-corrected chi connectivity index (χ2v) is 8.54. The Balaban J connectivity index is 2.74. The van der Waals surface area contributed by atoms with Crippen LogP contribution in [0.15, 0.2) is 23.6 Å². The van der Waals surface area contributed by atoms with Gasteiger partial charge in [-0.2, -0.15) is 0 Å². The van der Waals surface area contributed by atoms with Gasteiger partial charge in [0.05, 0.1) is 6.20 Å². The van der Waals surface area contributed by atoms with Gasteiger partial charge in [-0.3, -0.25) is 16.0 Å². The van der Waals surface area contributed by atoms with Crippen molar-refractivity contribution in [1.29, 1.82) is 0 Å². The van der Waals surface area contributed by atoms with E-state index >= 15 is 0 Å². The number of rotatable bonds is 2. The standard InChI is InChI=1S/C4H7N4PS2/c5-9(6,10)11-4-3-7-1-2-8-4/h1-3H,(H4,5,6,10). The Hall–Kier alpha value is 0. The van der Waals surface area contributed by atoms with Crippen LogP contribution in [0, 0.1) is 0 Å². The van der Waals surface area contributed by atoms with Crippen LogP contribution in [-0.4, -0.2) is 9.97 Å². The van der Waals surface area contributed by atoms with Gasteiger partial charge in [-0.1, -0.05) is 11.8 Å². The molecule has 0 unspecified atom stereocenters. The molecule has 11 heavy (non-hydrogen) atoms. The monoisotopic (exact) mass is 206 g/mol. The molecule has 0 aliphatic carbocycles. The molecule has 0 fully saturated rings. The molecule has 0 aromatic carbocycles. The van der Waals surface area contributed by atoms with E-state index < -0.39 is 5.54 Å². The van der Waals surface area contributed by atoms with E-state index in [4.69, 9.17) is 22.8 Å². The fourth-order valence-corrected chi connectivity index (χ4v) is 2.83. The summed E-state index contributed by atoms with van der Waals surface area (Å²) in [5, 5.41) is 0.681. The van der Waals surface area contributed by atoms with Gasteiger partial charge in [0.2, 0.25) is 0 Å². The molecule has 1 rings (SSSR count). The van der Waals surface area contributed by atoms with Crippen LogP contribution in [0.25, 0.3) is 0 Å². The molecule has 0 saturated carbocycles. The molecular formula is C4H7N4PS2. The lowest BCUT2D eigenvalue weighted by atomic mass is 10.8. The van der Waals surface area contributed by atoms with E-state index in [0.717, 1.165) is 0 Å². The average Bonchev–Trinajstić information content (AvgIpc) is 1.85. The molecule has 0 amide bonds. The molecule has 0 saturated heterocycles.